The quantitative estimate of drug-likeness (QED) is 0.821. The fourth-order valence-electron chi connectivity index (χ4n) is 1.95. The van der Waals surface area contributed by atoms with Gasteiger partial charge in [-0.25, -0.2) is 9.97 Å². The van der Waals surface area contributed by atoms with E-state index in [1.165, 1.54) is 0 Å². The summed E-state index contributed by atoms with van der Waals surface area (Å²) in [5.41, 5.74) is 2.18. The summed E-state index contributed by atoms with van der Waals surface area (Å²) >= 11 is 3.46. The summed E-state index contributed by atoms with van der Waals surface area (Å²) in [6, 6.07) is 7.36. The van der Waals surface area contributed by atoms with E-state index in [9.17, 15) is 4.79 Å². The van der Waals surface area contributed by atoms with Crippen molar-refractivity contribution in [1.29, 1.82) is 0 Å². The molecule has 1 heterocycles. The second-order valence-electron chi connectivity index (χ2n) is 5.88. The van der Waals surface area contributed by atoms with Crippen molar-refractivity contribution in [2.75, 3.05) is 17.2 Å². The number of amides is 1. The van der Waals surface area contributed by atoms with E-state index in [0.717, 1.165) is 22.3 Å². The number of halogens is 1. The summed E-state index contributed by atoms with van der Waals surface area (Å²) in [6.07, 6.45) is 0. The average Bonchev–Trinajstić information content (AvgIpc) is 2.48. The van der Waals surface area contributed by atoms with Gasteiger partial charge in [-0.2, -0.15) is 0 Å². The number of benzene rings is 1. The minimum Gasteiger partial charge on any atom is -0.370 e. The maximum absolute atomic E-state index is 12.4. The van der Waals surface area contributed by atoms with Crippen LogP contribution < -0.4 is 10.6 Å². The van der Waals surface area contributed by atoms with Crippen LogP contribution in [0.25, 0.3) is 0 Å². The van der Waals surface area contributed by atoms with Gasteiger partial charge in [0.05, 0.1) is 0 Å². The van der Waals surface area contributed by atoms with Crippen molar-refractivity contribution in [1.82, 2.24) is 9.97 Å². The number of carbonyl (C=O) groups excluding carboxylic acids is 1. The van der Waals surface area contributed by atoms with Crippen LogP contribution >= 0.6 is 15.9 Å². The molecule has 0 bridgehead atoms. The van der Waals surface area contributed by atoms with E-state index in [2.05, 4.69) is 50.4 Å². The highest BCUT2D eigenvalue weighted by molar-refractivity contribution is 9.10. The molecule has 2 N–H and O–H groups in total. The first kappa shape index (κ1) is 17.4. The van der Waals surface area contributed by atoms with Gasteiger partial charge in [-0.3, -0.25) is 4.79 Å². The van der Waals surface area contributed by atoms with Crippen LogP contribution in [-0.2, 0) is 0 Å². The molecule has 1 aromatic carbocycles. The van der Waals surface area contributed by atoms with Gasteiger partial charge in [0.15, 0.2) is 0 Å². The van der Waals surface area contributed by atoms with Crippen LogP contribution in [0, 0.1) is 19.8 Å². The molecule has 0 atom stereocenters. The highest BCUT2D eigenvalue weighted by Crippen LogP contribution is 2.21. The van der Waals surface area contributed by atoms with Crippen LogP contribution in [0.4, 0.5) is 11.5 Å². The van der Waals surface area contributed by atoms with E-state index >= 15 is 0 Å². The molecular weight excluding hydrogens is 356 g/mol. The van der Waals surface area contributed by atoms with Crippen LogP contribution in [0.2, 0.25) is 0 Å². The summed E-state index contributed by atoms with van der Waals surface area (Å²) in [4.78, 5) is 20.9. The summed E-state index contributed by atoms with van der Waals surface area (Å²) in [5.74, 6) is 1.47. The van der Waals surface area contributed by atoms with Gasteiger partial charge in [0.1, 0.15) is 17.3 Å². The van der Waals surface area contributed by atoms with Gasteiger partial charge in [0, 0.05) is 22.8 Å². The topological polar surface area (TPSA) is 66.9 Å². The fourth-order valence-corrected chi connectivity index (χ4v) is 2.33. The Bertz CT molecular complexity index is 716. The number of anilines is 2. The zero-order valence-electron chi connectivity index (χ0n) is 13.8. The molecule has 1 amide bonds. The summed E-state index contributed by atoms with van der Waals surface area (Å²) < 4.78 is 0.952. The lowest BCUT2D eigenvalue weighted by molar-refractivity contribution is 0.102. The first-order chi connectivity index (χ1) is 10.8. The van der Waals surface area contributed by atoms with Gasteiger partial charge < -0.3 is 10.6 Å². The molecular formula is C17H21BrN4O. The molecule has 1 aromatic heterocycles. The van der Waals surface area contributed by atoms with E-state index in [0.29, 0.717) is 23.3 Å². The predicted octanol–water partition coefficient (Wildman–Crippen LogP) is 4.18. The molecule has 2 rings (SSSR count). The molecule has 5 nitrogen and oxygen atoms in total. The Morgan fingerprint density at radius 1 is 1.22 bits per heavy atom. The molecule has 0 saturated heterocycles. The normalized spacial score (nSPS) is 10.7. The summed E-state index contributed by atoms with van der Waals surface area (Å²) in [7, 11) is 0. The summed E-state index contributed by atoms with van der Waals surface area (Å²) in [5, 5.41) is 6.08. The molecule has 122 valence electrons. The molecule has 6 heteroatoms. The third kappa shape index (κ3) is 5.03. The van der Waals surface area contributed by atoms with Crippen LogP contribution in [-0.4, -0.2) is 22.4 Å². The number of hydrogen-bond donors (Lipinski definition) is 2. The van der Waals surface area contributed by atoms with E-state index < -0.39 is 0 Å². The first-order valence-corrected chi connectivity index (χ1v) is 8.31. The predicted molar refractivity (Wildman–Crippen MR) is 96.9 cm³/mol. The molecule has 0 unspecified atom stereocenters. The number of rotatable bonds is 5. The molecule has 0 fully saturated rings. The maximum Gasteiger partial charge on any atom is 0.274 e. The standard InChI is InChI=1S/C17H21BrN4O/c1-10(2)9-19-16-8-15(20-12(4)21-16)17(23)22-13-6-5-11(3)14(18)7-13/h5-8,10H,9H2,1-4H3,(H,22,23)(H,19,20,21). The fraction of sp³-hybridized carbons (Fsp3) is 0.353. The zero-order chi connectivity index (χ0) is 17.0. The lowest BCUT2D eigenvalue weighted by Gasteiger charge is -2.11. The van der Waals surface area contributed by atoms with Crippen molar-refractivity contribution in [2.24, 2.45) is 5.92 Å². The zero-order valence-corrected chi connectivity index (χ0v) is 15.4. The number of carbonyl (C=O) groups is 1. The number of hydrogen-bond acceptors (Lipinski definition) is 4. The number of nitrogens with one attached hydrogen (secondary N) is 2. The Morgan fingerprint density at radius 2 is 1.96 bits per heavy atom. The Kier molecular flexibility index (Phi) is 5.71. The van der Waals surface area contributed by atoms with Crippen molar-refractivity contribution in [3.63, 3.8) is 0 Å². The minimum absolute atomic E-state index is 0.251. The van der Waals surface area contributed by atoms with Crippen LogP contribution in [0.5, 0.6) is 0 Å². The van der Waals surface area contributed by atoms with Crippen LogP contribution in [0.3, 0.4) is 0 Å². The van der Waals surface area contributed by atoms with Gasteiger partial charge in [0.25, 0.3) is 5.91 Å². The van der Waals surface area contributed by atoms with Crippen molar-refractivity contribution in [3.8, 4) is 0 Å². The molecule has 0 aliphatic carbocycles. The molecule has 0 saturated carbocycles. The second kappa shape index (κ2) is 7.55. The van der Waals surface area contributed by atoms with Gasteiger partial charge in [-0.05, 0) is 37.5 Å². The van der Waals surface area contributed by atoms with E-state index in [1.807, 2.05) is 25.1 Å². The van der Waals surface area contributed by atoms with Gasteiger partial charge in [0.2, 0.25) is 0 Å². The smallest absolute Gasteiger partial charge is 0.274 e. The SMILES string of the molecule is Cc1nc(NCC(C)C)cc(C(=O)Nc2ccc(C)c(Br)c2)n1. The average molecular weight is 377 g/mol. The van der Waals surface area contributed by atoms with Crippen molar-refractivity contribution in [2.45, 2.75) is 27.7 Å². The van der Waals surface area contributed by atoms with E-state index in [-0.39, 0.29) is 5.91 Å². The Balaban J connectivity index is 2.16. The van der Waals surface area contributed by atoms with Gasteiger partial charge >= 0.3 is 0 Å². The maximum atomic E-state index is 12.4. The highest BCUT2D eigenvalue weighted by Gasteiger charge is 2.11. The van der Waals surface area contributed by atoms with Crippen LogP contribution in [0.15, 0.2) is 28.7 Å². The Morgan fingerprint density at radius 3 is 2.61 bits per heavy atom. The lowest BCUT2D eigenvalue weighted by atomic mass is 10.2. The molecule has 0 aliphatic heterocycles. The Hall–Kier alpha value is -1.95. The van der Waals surface area contributed by atoms with E-state index in [4.69, 9.17) is 0 Å². The third-order valence-corrected chi connectivity index (χ3v) is 4.05. The lowest BCUT2D eigenvalue weighted by Crippen LogP contribution is -2.17. The monoisotopic (exact) mass is 376 g/mol. The van der Waals surface area contributed by atoms with Gasteiger partial charge in [-0.15, -0.1) is 0 Å². The van der Waals surface area contributed by atoms with Crippen molar-refractivity contribution >= 4 is 33.3 Å². The van der Waals surface area contributed by atoms with Crippen molar-refractivity contribution in [3.05, 3.63) is 45.8 Å². The van der Waals surface area contributed by atoms with Crippen molar-refractivity contribution < 1.29 is 4.79 Å². The minimum atomic E-state index is -0.251. The largest absolute Gasteiger partial charge is 0.370 e. The molecule has 0 spiro atoms. The van der Waals surface area contributed by atoms with E-state index in [1.54, 1.807) is 13.0 Å². The highest BCUT2D eigenvalue weighted by atomic mass is 79.9. The summed E-state index contributed by atoms with van der Waals surface area (Å²) in [6.45, 7) is 8.80. The number of nitrogens with zero attached hydrogens (tertiary/aromatic N) is 2. The first-order valence-electron chi connectivity index (χ1n) is 7.52. The number of aromatic nitrogens is 2. The van der Waals surface area contributed by atoms with Gasteiger partial charge in [-0.1, -0.05) is 35.8 Å². The van der Waals surface area contributed by atoms with Crippen LogP contribution in [0.1, 0.15) is 35.7 Å². The number of aryl methyl sites for hydroxylation is 2. The Labute approximate surface area is 145 Å². The molecule has 0 aliphatic rings. The molecule has 2 aromatic rings. The second-order valence-corrected chi connectivity index (χ2v) is 6.73. The molecule has 0 radical (unpaired) electrons. The molecule has 23 heavy (non-hydrogen) atoms. The third-order valence-electron chi connectivity index (χ3n) is 3.19.